The van der Waals surface area contributed by atoms with Crippen LogP contribution >= 0.6 is 7.82 Å². The zero-order valence-electron chi connectivity index (χ0n) is 55.1. The summed E-state index contributed by atoms with van der Waals surface area (Å²) in [5, 5.41) is 14.0. The number of quaternary nitrogens is 1. The summed E-state index contributed by atoms with van der Waals surface area (Å²) in [4.78, 5) is 23.4. The number of unbranched alkanes of at least 4 members (excludes halogenated alkanes) is 50. The van der Waals surface area contributed by atoms with E-state index in [1.807, 2.05) is 27.2 Å². The van der Waals surface area contributed by atoms with Gasteiger partial charge in [-0.25, -0.2) is 4.57 Å². The Morgan fingerprint density at radius 3 is 1.01 bits per heavy atom. The fourth-order valence-electron chi connectivity index (χ4n) is 11.0. The summed E-state index contributed by atoms with van der Waals surface area (Å²) in [5.74, 6) is -0.169. The van der Waals surface area contributed by atoms with Crippen LogP contribution in [0.2, 0.25) is 0 Å². The molecule has 0 saturated carbocycles. The molecular weight excluding hydrogens is 1020 g/mol. The molecule has 0 radical (unpaired) electrons. The number of nitrogens with zero attached hydrogens (tertiary/aromatic N) is 1. The van der Waals surface area contributed by atoms with Crippen molar-refractivity contribution in [1.29, 1.82) is 0 Å². The molecule has 0 aliphatic carbocycles. The highest BCUT2D eigenvalue weighted by Gasteiger charge is 2.28. The Morgan fingerprint density at radius 1 is 0.420 bits per heavy atom. The maximum absolute atomic E-state index is 13.1. The third-order valence-electron chi connectivity index (χ3n) is 16.6. The Bertz CT molecular complexity index is 1410. The standard InChI is InChI=1S/C72H141N2O6P/c1-6-8-10-12-14-16-18-20-22-24-26-28-30-32-34-36-37-38-40-42-44-46-48-50-52-54-56-58-60-62-64-66-72(76)73-70(69-80-81(77,78)79-68-67-74(3,4)5)71(75)65-63-61-59-57-55-53-51-49-47-45-43-41-39-35-33-31-29-27-25-23-21-19-17-15-13-11-9-7-2/h18,20,24,26,63,65,70-71,75H,6-17,19,21-23,25,27-62,64,66-69H2,1-5H3,(H-,73,76,77,78)/p+1/b20-18-,26-24-,65-63+. The Morgan fingerprint density at radius 2 is 0.704 bits per heavy atom. The minimum atomic E-state index is -4.35. The molecule has 8 nitrogen and oxygen atoms in total. The van der Waals surface area contributed by atoms with Crippen molar-refractivity contribution in [1.82, 2.24) is 5.32 Å². The number of amides is 1. The van der Waals surface area contributed by atoms with Gasteiger partial charge in [-0.3, -0.25) is 13.8 Å². The number of phosphoric acid groups is 1. The van der Waals surface area contributed by atoms with E-state index in [2.05, 4.69) is 43.5 Å². The van der Waals surface area contributed by atoms with Gasteiger partial charge in [0.25, 0.3) is 0 Å². The van der Waals surface area contributed by atoms with E-state index in [4.69, 9.17) is 9.05 Å². The third-order valence-corrected chi connectivity index (χ3v) is 17.6. The topological polar surface area (TPSA) is 105 Å². The third kappa shape index (κ3) is 66.1. The summed E-state index contributed by atoms with van der Waals surface area (Å²) in [6, 6.07) is -0.847. The Labute approximate surface area is 506 Å². The van der Waals surface area contributed by atoms with Crippen LogP contribution in [-0.2, 0) is 18.4 Å². The number of carbonyl (C=O) groups excluding carboxylic acids is 1. The minimum absolute atomic E-state index is 0.0636. The molecule has 0 aromatic carbocycles. The van der Waals surface area contributed by atoms with Gasteiger partial charge in [0.1, 0.15) is 13.2 Å². The van der Waals surface area contributed by atoms with Gasteiger partial charge in [-0.05, 0) is 51.4 Å². The molecule has 0 aliphatic heterocycles. The summed E-state index contributed by atoms with van der Waals surface area (Å²) >= 11 is 0. The largest absolute Gasteiger partial charge is 0.472 e. The fraction of sp³-hybridized carbons (Fsp3) is 0.903. The van der Waals surface area contributed by atoms with E-state index in [0.29, 0.717) is 17.4 Å². The van der Waals surface area contributed by atoms with Gasteiger partial charge in [-0.15, -0.1) is 0 Å². The van der Waals surface area contributed by atoms with Crippen LogP contribution in [0.4, 0.5) is 0 Å². The molecule has 0 aromatic rings. The highest BCUT2D eigenvalue weighted by molar-refractivity contribution is 7.47. The van der Waals surface area contributed by atoms with Crippen LogP contribution in [0.1, 0.15) is 367 Å². The van der Waals surface area contributed by atoms with Crippen molar-refractivity contribution >= 4 is 13.7 Å². The monoisotopic (exact) mass is 1160 g/mol. The number of hydrogen-bond donors (Lipinski definition) is 3. The number of nitrogens with one attached hydrogen (secondary N) is 1. The lowest BCUT2D eigenvalue weighted by Crippen LogP contribution is -2.45. The van der Waals surface area contributed by atoms with Gasteiger partial charge in [0.15, 0.2) is 0 Å². The molecule has 3 N–H and O–H groups in total. The van der Waals surface area contributed by atoms with Crippen LogP contribution in [0.25, 0.3) is 0 Å². The molecular formula is C72H142N2O6P+. The summed E-state index contributed by atoms with van der Waals surface area (Å²) < 4.78 is 23.8. The average Bonchev–Trinajstić information content (AvgIpc) is 3.43. The molecule has 0 aromatic heterocycles. The summed E-state index contributed by atoms with van der Waals surface area (Å²) in [6.07, 6.45) is 84.4. The van der Waals surface area contributed by atoms with Gasteiger partial charge < -0.3 is 19.8 Å². The second kappa shape index (κ2) is 63.2. The Kier molecular flexibility index (Phi) is 62.2. The fourth-order valence-corrected chi connectivity index (χ4v) is 11.8. The van der Waals surface area contributed by atoms with E-state index in [9.17, 15) is 19.4 Å². The lowest BCUT2D eigenvalue weighted by Gasteiger charge is -2.25. The van der Waals surface area contributed by atoms with Crippen molar-refractivity contribution in [2.75, 3.05) is 40.9 Å². The molecule has 480 valence electrons. The van der Waals surface area contributed by atoms with Crippen molar-refractivity contribution in [2.45, 2.75) is 379 Å². The first-order valence-corrected chi connectivity index (χ1v) is 37.4. The number of rotatable bonds is 67. The first-order valence-electron chi connectivity index (χ1n) is 35.9. The maximum atomic E-state index is 13.1. The van der Waals surface area contributed by atoms with E-state index in [-0.39, 0.29) is 19.1 Å². The second-order valence-corrected chi connectivity index (χ2v) is 27.4. The molecule has 0 rings (SSSR count). The Hall–Kier alpha value is -1.28. The highest BCUT2D eigenvalue weighted by atomic mass is 31.2. The van der Waals surface area contributed by atoms with Crippen molar-refractivity contribution in [3.05, 3.63) is 36.5 Å². The van der Waals surface area contributed by atoms with Crippen molar-refractivity contribution in [3.8, 4) is 0 Å². The predicted octanol–water partition coefficient (Wildman–Crippen LogP) is 22.8. The smallest absolute Gasteiger partial charge is 0.387 e. The molecule has 0 spiro atoms. The maximum Gasteiger partial charge on any atom is 0.472 e. The van der Waals surface area contributed by atoms with Crippen molar-refractivity contribution in [3.63, 3.8) is 0 Å². The molecule has 3 unspecified atom stereocenters. The van der Waals surface area contributed by atoms with Gasteiger partial charge in [-0.1, -0.05) is 346 Å². The molecule has 1 amide bonds. The molecule has 0 aliphatic rings. The van der Waals surface area contributed by atoms with E-state index in [1.165, 1.54) is 308 Å². The van der Waals surface area contributed by atoms with Crippen LogP contribution in [0.5, 0.6) is 0 Å². The normalized spacial score (nSPS) is 13.8. The number of carbonyl (C=O) groups is 1. The zero-order valence-corrected chi connectivity index (χ0v) is 55.9. The second-order valence-electron chi connectivity index (χ2n) is 26.0. The zero-order chi connectivity index (χ0) is 59.1. The quantitative estimate of drug-likeness (QED) is 0.0243. The van der Waals surface area contributed by atoms with E-state index < -0.39 is 20.0 Å². The Balaban J connectivity index is 4.03. The van der Waals surface area contributed by atoms with Crippen molar-refractivity contribution < 1.29 is 32.9 Å². The van der Waals surface area contributed by atoms with E-state index >= 15 is 0 Å². The number of aliphatic hydroxyl groups excluding tert-OH is 1. The number of phosphoric ester groups is 1. The highest BCUT2D eigenvalue weighted by Crippen LogP contribution is 2.43. The van der Waals surface area contributed by atoms with Crippen molar-refractivity contribution in [2.24, 2.45) is 0 Å². The van der Waals surface area contributed by atoms with Crippen LogP contribution in [-0.4, -0.2) is 73.4 Å². The molecule has 0 heterocycles. The lowest BCUT2D eigenvalue weighted by atomic mass is 10.0. The first-order chi connectivity index (χ1) is 39.5. The van der Waals surface area contributed by atoms with Gasteiger partial charge in [0.2, 0.25) is 5.91 Å². The van der Waals surface area contributed by atoms with E-state index in [0.717, 1.165) is 38.5 Å². The van der Waals surface area contributed by atoms with Crippen LogP contribution < -0.4 is 5.32 Å². The van der Waals surface area contributed by atoms with Gasteiger partial charge in [-0.2, -0.15) is 0 Å². The number of hydrogen-bond acceptors (Lipinski definition) is 5. The summed E-state index contributed by atoms with van der Waals surface area (Å²) in [6.45, 7) is 4.87. The van der Waals surface area contributed by atoms with Crippen LogP contribution in [0, 0.1) is 0 Å². The number of allylic oxidation sites excluding steroid dienone is 5. The predicted molar refractivity (Wildman–Crippen MR) is 355 cm³/mol. The SMILES string of the molecule is CCCCCCC/C=C\C/C=C\CCCCCCCCCCCCCCCCCCCCCC(=O)NC(COP(=O)(O)OCC[N+](C)(C)C)C(O)/C=C/CCCCCCCCCCCCCCCCCCCCCCCCCCCC. The molecule has 9 heteroatoms. The number of likely N-dealkylation sites (N-methyl/N-ethyl adjacent to an activating group) is 1. The molecule has 81 heavy (non-hydrogen) atoms. The summed E-state index contributed by atoms with van der Waals surface area (Å²) in [5.41, 5.74) is 0. The molecule has 0 fully saturated rings. The van der Waals surface area contributed by atoms with Gasteiger partial charge >= 0.3 is 7.82 Å². The lowest BCUT2D eigenvalue weighted by molar-refractivity contribution is -0.870. The average molecular weight is 1160 g/mol. The minimum Gasteiger partial charge on any atom is -0.387 e. The molecule has 0 saturated heterocycles. The van der Waals surface area contributed by atoms with E-state index in [1.54, 1.807) is 6.08 Å². The van der Waals surface area contributed by atoms with Gasteiger partial charge in [0.05, 0.1) is 39.9 Å². The van der Waals surface area contributed by atoms with Gasteiger partial charge in [0, 0.05) is 6.42 Å². The van der Waals surface area contributed by atoms with Crippen LogP contribution in [0.3, 0.4) is 0 Å². The van der Waals surface area contributed by atoms with Crippen LogP contribution in [0.15, 0.2) is 36.5 Å². The first kappa shape index (κ1) is 79.7. The summed E-state index contributed by atoms with van der Waals surface area (Å²) in [7, 11) is 1.59. The molecule has 0 bridgehead atoms. The number of aliphatic hydroxyl groups is 1. The molecule has 3 atom stereocenters.